The highest BCUT2D eigenvalue weighted by Gasteiger charge is 2.10. The van der Waals surface area contributed by atoms with Gasteiger partial charge in [-0.15, -0.1) is 0 Å². The number of aromatic nitrogens is 1. The first-order valence-electron chi connectivity index (χ1n) is 5.93. The van der Waals surface area contributed by atoms with Crippen LogP contribution in [0.3, 0.4) is 0 Å². The van der Waals surface area contributed by atoms with Gasteiger partial charge in [0.05, 0.1) is 24.2 Å². The molecule has 7 heteroatoms. The summed E-state index contributed by atoms with van der Waals surface area (Å²) in [5, 5.41) is 3.07. The van der Waals surface area contributed by atoms with E-state index in [9.17, 15) is 8.42 Å². The lowest BCUT2D eigenvalue weighted by atomic mass is 10.3. The molecule has 108 valence electrons. The van der Waals surface area contributed by atoms with Gasteiger partial charge in [-0.2, -0.15) is 0 Å². The van der Waals surface area contributed by atoms with Crippen molar-refractivity contribution in [2.24, 2.45) is 0 Å². The van der Waals surface area contributed by atoms with Crippen molar-refractivity contribution in [1.29, 1.82) is 0 Å². The van der Waals surface area contributed by atoms with E-state index in [0.717, 1.165) is 5.69 Å². The van der Waals surface area contributed by atoms with Gasteiger partial charge in [0.2, 0.25) is 5.88 Å². The fourth-order valence-electron chi connectivity index (χ4n) is 1.56. The molecule has 6 nitrogen and oxygen atoms in total. The Kier molecular flexibility index (Phi) is 6.04. The first-order chi connectivity index (χ1) is 8.90. The fourth-order valence-corrected chi connectivity index (χ4v) is 2.55. The van der Waals surface area contributed by atoms with E-state index >= 15 is 0 Å². The third kappa shape index (κ3) is 6.97. The predicted molar refractivity (Wildman–Crippen MR) is 74.4 cm³/mol. The van der Waals surface area contributed by atoms with Gasteiger partial charge < -0.3 is 14.8 Å². The van der Waals surface area contributed by atoms with Crippen LogP contribution >= 0.6 is 0 Å². The zero-order chi connectivity index (χ0) is 14.3. The van der Waals surface area contributed by atoms with Gasteiger partial charge in [-0.25, -0.2) is 13.4 Å². The number of sulfone groups is 1. The molecule has 0 aromatic carbocycles. The molecule has 0 aliphatic carbocycles. The van der Waals surface area contributed by atoms with Gasteiger partial charge in [0.1, 0.15) is 16.4 Å². The SMILES string of the molecule is COCCOc1ccc(NC(C)CS(C)(=O)=O)cn1. The van der Waals surface area contributed by atoms with Gasteiger partial charge in [0.15, 0.2) is 0 Å². The van der Waals surface area contributed by atoms with Crippen LogP contribution in [0.15, 0.2) is 18.3 Å². The Bertz CT molecular complexity index is 473. The molecule has 1 unspecified atom stereocenters. The number of methoxy groups -OCH3 is 1. The minimum Gasteiger partial charge on any atom is -0.475 e. The average molecular weight is 288 g/mol. The van der Waals surface area contributed by atoms with Crippen LogP contribution in [0, 0.1) is 0 Å². The molecule has 1 heterocycles. The topological polar surface area (TPSA) is 77.5 Å². The van der Waals surface area contributed by atoms with E-state index in [4.69, 9.17) is 9.47 Å². The molecule has 1 N–H and O–H groups in total. The van der Waals surface area contributed by atoms with Crippen molar-refractivity contribution >= 4 is 15.5 Å². The maximum atomic E-state index is 11.1. The predicted octanol–water partition coefficient (Wildman–Crippen LogP) is 0.952. The van der Waals surface area contributed by atoms with Crippen LogP contribution in [0.25, 0.3) is 0 Å². The molecule has 0 amide bonds. The summed E-state index contributed by atoms with van der Waals surface area (Å²) in [4.78, 5) is 4.11. The van der Waals surface area contributed by atoms with Gasteiger partial charge in [-0.3, -0.25) is 0 Å². The molecule has 0 bridgehead atoms. The Labute approximate surface area is 114 Å². The molecule has 0 radical (unpaired) electrons. The number of hydrogen-bond acceptors (Lipinski definition) is 6. The first kappa shape index (κ1) is 15.7. The molecule has 1 rings (SSSR count). The number of nitrogens with one attached hydrogen (secondary N) is 1. The Morgan fingerprint density at radius 1 is 1.37 bits per heavy atom. The summed E-state index contributed by atoms with van der Waals surface area (Å²) in [5.41, 5.74) is 0.759. The molecule has 1 aromatic rings. The number of pyridine rings is 1. The summed E-state index contributed by atoms with van der Waals surface area (Å²) in [7, 11) is -1.38. The monoisotopic (exact) mass is 288 g/mol. The summed E-state index contributed by atoms with van der Waals surface area (Å²) in [6.45, 7) is 2.76. The highest BCUT2D eigenvalue weighted by Crippen LogP contribution is 2.12. The van der Waals surface area contributed by atoms with Gasteiger partial charge in [-0.05, 0) is 13.0 Å². The lowest BCUT2D eigenvalue weighted by Crippen LogP contribution is -2.25. The van der Waals surface area contributed by atoms with Crippen molar-refractivity contribution in [2.45, 2.75) is 13.0 Å². The van der Waals surface area contributed by atoms with Crippen LogP contribution in [0.2, 0.25) is 0 Å². The average Bonchev–Trinajstić information content (AvgIpc) is 2.29. The maximum Gasteiger partial charge on any atom is 0.213 e. The van der Waals surface area contributed by atoms with Crippen molar-refractivity contribution in [1.82, 2.24) is 4.98 Å². The van der Waals surface area contributed by atoms with Crippen molar-refractivity contribution in [2.75, 3.05) is 37.6 Å². The quantitative estimate of drug-likeness (QED) is 0.718. The summed E-state index contributed by atoms with van der Waals surface area (Å²) in [6, 6.07) is 3.36. The second-order valence-corrected chi connectivity index (χ2v) is 6.55. The van der Waals surface area contributed by atoms with Gasteiger partial charge in [-0.1, -0.05) is 0 Å². The molecule has 0 saturated carbocycles. The standard InChI is InChI=1S/C12H20N2O4S/c1-10(9-19(3,15)16)14-11-4-5-12(13-8-11)18-7-6-17-2/h4-5,8,10,14H,6-7,9H2,1-3H3. The van der Waals surface area contributed by atoms with Gasteiger partial charge in [0.25, 0.3) is 0 Å². The Hall–Kier alpha value is -1.34. The molecule has 1 atom stereocenters. The molecule has 0 saturated heterocycles. The van der Waals surface area contributed by atoms with Crippen LogP contribution in [0.4, 0.5) is 5.69 Å². The highest BCUT2D eigenvalue weighted by molar-refractivity contribution is 7.90. The van der Waals surface area contributed by atoms with Crippen LogP contribution in [-0.4, -0.2) is 51.8 Å². The Balaban J connectivity index is 2.47. The lowest BCUT2D eigenvalue weighted by molar-refractivity contribution is 0.144. The highest BCUT2D eigenvalue weighted by atomic mass is 32.2. The molecule has 0 spiro atoms. The van der Waals surface area contributed by atoms with E-state index < -0.39 is 9.84 Å². The molecule has 0 fully saturated rings. The summed E-state index contributed by atoms with van der Waals surface area (Å²) < 4.78 is 32.5. The molecular weight excluding hydrogens is 268 g/mol. The second kappa shape index (κ2) is 7.30. The number of anilines is 1. The molecule has 0 aliphatic heterocycles. The lowest BCUT2D eigenvalue weighted by Gasteiger charge is -2.14. The minimum absolute atomic E-state index is 0.0824. The fraction of sp³-hybridized carbons (Fsp3) is 0.583. The normalized spacial score (nSPS) is 13.0. The van der Waals surface area contributed by atoms with E-state index in [-0.39, 0.29) is 11.8 Å². The smallest absolute Gasteiger partial charge is 0.213 e. The van der Waals surface area contributed by atoms with E-state index in [2.05, 4.69) is 10.3 Å². The largest absolute Gasteiger partial charge is 0.475 e. The van der Waals surface area contributed by atoms with Crippen molar-refractivity contribution < 1.29 is 17.9 Å². The third-order valence-corrected chi connectivity index (χ3v) is 3.35. The number of ether oxygens (including phenoxy) is 2. The van der Waals surface area contributed by atoms with E-state index in [1.165, 1.54) is 6.26 Å². The maximum absolute atomic E-state index is 11.1. The molecule has 1 aromatic heterocycles. The summed E-state index contributed by atoms with van der Waals surface area (Å²) in [6.07, 6.45) is 2.83. The van der Waals surface area contributed by atoms with Gasteiger partial charge >= 0.3 is 0 Å². The van der Waals surface area contributed by atoms with Crippen LogP contribution in [0.5, 0.6) is 5.88 Å². The van der Waals surface area contributed by atoms with E-state index in [1.807, 2.05) is 6.92 Å². The van der Waals surface area contributed by atoms with E-state index in [1.54, 1.807) is 25.4 Å². The molecule has 0 aliphatic rings. The Morgan fingerprint density at radius 2 is 2.11 bits per heavy atom. The van der Waals surface area contributed by atoms with Crippen molar-refractivity contribution in [3.05, 3.63) is 18.3 Å². The van der Waals surface area contributed by atoms with Gasteiger partial charge in [0, 0.05) is 25.5 Å². The zero-order valence-corrected chi connectivity index (χ0v) is 12.2. The third-order valence-electron chi connectivity index (χ3n) is 2.24. The van der Waals surface area contributed by atoms with Crippen LogP contribution in [-0.2, 0) is 14.6 Å². The first-order valence-corrected chi connectivity index (χ1v) is 7.99. The second-order valence-electron chi connectivity index (χ2n) is 4.36. The zero-order valence-electron chi connectivity index (χ0n) is 11.4. The van der Waals surface area contributed by atoms with Crippen molar-refractivity contribution in [3.63, 3.8) is 0 Å². The minimum atomic E-state index is -2.99. The van der Waals surface area contributed by atoms with E-state index in [0.29, 0.717) is 19.1 Å². The van der Waals surface area contributed by atoms with Crippen molar-refractivity contribution in [3.8, 4) is 5.88 Å². The summed E-state index contributed by atoms with van der Waals surface area (Å²) >= 11 is 0. The molecular formula is C12H20N2O4S. The summed E-state index contributed by atoms with van der Waals surface area (Å²) in [5.74, 6) is 0.595. The van der Waals surface area contributed by atoms with Crippen LogP contribution in [0.1, 0.15) is 6.92 Å². The number of hydrogen-bond donors (Lipinski definition) is 1. The molecule has 19 heavy (non-hydrogen) atoms. The number of nitrogens with zero attached hydrogens (tertiary/aromatic N) is 1. The number of rotatable bonds is 8. The Morgan fingerprint density at radius 3 is 2.63 bits per heavy atom. The van der Waals surface area contributed by atoms with Crippen LogP contribution < -0.4 is 10.1 Å².